The van der Waals surface area contributed by atoms with Crippen molar-refractivity contribution in [2.24, 2.45) is 0 Å². The van der Waals surface area contributed by atoms with Gasteiger partial charge in [-0.1, -0.05) is 12.1 Å². The van der Waals surface area contributed by atoms with Gasteiger partial charge in [0.1, 0.15) is 11.5 Å². The molecule has 1 aromatic carbocycles. The number of halogens is 3. The van der Waals surface area contributed by atoms with Gasteiger partial charge >= 0.3 is 6.18 Å². The lowest BCUT2D eigenvalue weighted by Gasteiger charge is -2.16. The van der Waals surface area contributed by atoms with Crippen LogP contribution >= 0.6 is 11.8 Å². The third-order valence-corrected chi connectivity index (χ3v) is 3.98. The number of alkyl halides is 3. The third-order valence-electron chi connectivity index (χ3n) is 2.84. The molecular weight excluding hydrogens is 299 g/mol. The molecular formula is C15H16F3NOS. The Morgan fingerprint density at radius 2 is 1.90 bits per heavy atom. The minimum atomic E-state index is -4.18. The minimum Gasteiger partial charge on any atom is -0.464 e. The van der Waals surface area contributed by atoms with Gasteiger partial charge in [0.25, 0.3) is 0 Å². The van der Waals surface area contributed by atoms with Gasteiger partial charge < -0.3 is 9.73 Å². The molecule has 0 aliphatic carbocycles. The molecule has 0 saturated heterocycles. The summed E-state index contributed by atoms with van der Waals surface area (Å²) < 4.78 is 42.6. The van der Waals surface area contributed by atoms with Crippen LogP contribution in [0.1, 0.15) is 24.5 Å². The number of furan rings is 1. The first kappa shape index (κ1) is 15.8. The van der Waals surface area contributed by atoms with Crippen molar-refractivity contribution < 1.29 is 17.6 Å². The van der Waals surface area contributed by atoms with Gasteiger partial charge in [-0.3, -0.25) is 0 Å². The van der Waals surface area contributed by atoms with Crippen LogP contribution in [0.2, 0.25) is 0 Å². The summed E-state index contributed by atoms with van der Waals surface area (Å²) >= 11 is 0.778. The largest absolute Gasteiger partial charge is 0.464 e. The number of benzene rings is 1. The number of para-hydroxylation sites is 1. The quantitative estimate of drug-likeness (QED) is 0.746. The van der Waals surface area contributed by atoms with Crippen molar-refractivity contribution in [2.45, 2.75) is 31.0 Å². The summed E-state index contributed by atoms with van der Waals surface area (Å²) in [6.07, 6.45) is -4.18. The number of hydrogen-bond acceptors (Lipinski definition) is 3. The summed E-state index contributed by atoms with van der Waals surface area (Å²) in [5, 5.41) is 3.19. The van der Waals surface area contributed by atoms with Gasteiger partial charge in [0.15, 0.2) is 0 Å². The zero-order valence-corrected chi connectivity index (χ0v) is 12.5. The van der Waals surface area contributed by atoms with Gasteiger partial charge in [-0.15, -0.1) is 11.8 Å². The average molecular weight is 315 g/mol. The molecule has 2 nitrogen and oxygen atoms in total. The Morgan fingerprint density at radius 1 is 1.19 bits per heavy atom. The molecule has 0 amide bonds. The summed E-state index contributed by atoms with van der Waals surface area (Å²) in [6.45, 7) is 3.76. The Morgan fingerprint density at radius 3 is 2.52 bits per heavy atom. The van der Waals surface area contributed by atoms with Gasteiger partial charge in [0.2, 0.25) is 0 Å². The molecule has 0 spiro atoms. The molecule has 0 aliphatic heterocycles. The van der Waals surface area contributed by atoms with Crippen LogP contribution in [-0.4, -0.2) is 11.9 Å². The molecule has 1 N–H and O–H groups in total. The molecule has 1 heterocycles. The highest BCUT2D eigenvalue weighted by atomic mass is 32.2. The Labute approximate surface area is 125 Å². The van der Waals surface area contributed by atoms with E-state index in [0.29, 0.717) is 10.6 Å². The second-order valence-electron chi connectivity index (χ2n) is 4.71. The first-order valence-electron chi connectivity index (χ1n) is 6.46. The van der Waals surface area contributed by atoms with Crippen molar-refractivity contribution in [1.82, 2.24) is 0 Å². The molecule has 1 atom stereocenters. The molecule has 21 heavy (non-hydrogen) atoms. The van der Waals surface area contributed by atoms with E-state index in [9.17, 15) is 13.2 Å². The van der Waals surface area contributed by atoms with Crippen LogP contribution in [0, 0.1) is 6.92 Å². The molecule has 0 fully saturated rings. The van der Waals surface area contributed by atoms with Crippen LogP contribution < -0.4 is 5.32 Å². The van der Waals surface area contributed by atoms with Crippen LogP contribution in [0.4, 0.5) is 18.9 Å². The van der Waals surface area contributed by atoms with Crippen molar-refractivity contribution in [3.05, 3.63) is 47.9 Å². The first-order valence-corrected chi connectivity index (χ1v) is 7.45. The summed E-state index contributed by atoms with van der Waals surface area (Å²) in [6, 6.07) is 10.6. The number of rotatable bonds is 5. The van der Waals surface area contributed by atoms with Gasteiger partial charge in [0.05, 0.1) is 11.8 Å². The lowest BCUT2D eigenvalue weighted by molar-refractivity contribution is -0.105. The highest BCUT2D eigenvalue weighted by Crippen LogP contribution is 2.33. The number of hydrogen-bond donors (Lipinski definition) is 1. The molecule has 0 saturated carbocycles. The second kappa shape index (κ2) is 6.47. The number of nitrogens with one attached hydrogen (secondary N) is 1. The molecule has 1 aromatic heterocycles. The Kier molecular flexibility index (Phi) is 4.88. The summed E-state index contributed by atoms with van der Waals surface area (Å²) in [7, 11) is 0. The van der Waals surface area contributed by atoms with Crippen molar-refractivity contribution >= 4 is 17.4 Å². The van der Waals surface area contributed by atoms with E-state index < -0.39 is 11.9 Å². The van der Waals surface area contributed by atoms with E-state index in [4.69, 9.17) is 4.42 Å². The highest BCUT2D eigenvalue weighted by Gasteiger charge is 2.27. The predicted octanol–water partition coefficient (Wildman–Crippen LogP) is 5.42. The Hall–Kier alpha value is -1.56. The van der Waals surface area contributed by atoms with E-state index in [2.05, 4.69) is 5.32 Å². The van der Waals surface area contributed by atoms with E-state index in [1.165, 1.54) is 0 Å². The van der Waals surface area contributed by atoms with Crippen LogP contribution in [0.15, 0.2) is 45.7 Å². The van der Waals surface area contributed by atoms with Crippen LogP contribution in [-0.2, 0) is 0 Å². The molecule has 0 bridgehead atoms. The second-order valence-corrected chi connectivity index (χ2v) is 5.73. The fourth-order valence-corrected chi connectivity index (χ4v) is 2.64. The van der Waals surface area contributed by atoms with Gasteiger partial charge in [-0.25, -0.2) is 0 Å². The average Bonchev–Trinajstić information content (AvgIpc) is 2.83. The monoisotopic (exact) mass is 315 g/mol. The highest BCUT2D eigenvalue weighted by molar-refractivity contribution is 7.99. The van der Waals surface area contributed by atoms with E-state index in [1.807, 2.05) is 26.0 Å². The Balaban J connectivity index is 2.09. The molecule has 0 aliphatic rings. The van der Waals surface area contributed by atoms with Crippen LogP contribution in [0.5, 0.6) is 0 Å². The maximum absolute atomic E-state index is 12.3. The lowest BCUT2D eigenvalue weighted by atomic mass is 10.2. The van der Waals surface area contributed by atoms with E-state index in [1.54, 1.807) is 24.3 Å². The molecule has 114 valence electrons. The minimum absolute atomic E-state index is 0.119. The lowest BCUT2D eigenvalue weighted by Crippen LogP contribution is -2.11. The van der Waals surface area contributed by atoms with Crippen molar-refractivity contribution in [1.29, 1.82) is 0 Å². The molecule has 2 rings (SSSR count). The zero-order valence-electron chi connectivity index (χ0n) is 11.7. The summed E-state index contributed by atoms with van der Waals surface area (Å²) in [4.78, 5) is 0.574. The van der Waals surface area contributed by atoms with Crippen molar-refractivity contribution in [3.63, 3.8) is 0 Å². The smallest absolute Gasteiger partial charge is 0.398 e. The molecule has 0 radical (unpaired) electrons. The topological polar surface area (TPSA) is 25.2 Å². The van der Waals surface area contributed by atoms with E-state index >= 15 is 0 Å². The normalized spacial score (nSPS) is 13.2. The van der Waals surface area contributed by atoms with Crippen LogP contribution in [0.25, 0.3) is 0 Å². The first-order chi connectivity index (χ1) is 9.85. The fraction of sp³-hybridized carbons (Fsp3) is 0.333. The number of aryl methyl sites for hydroxylation is 1. The van der Waals surface area contributed by atoms with Gasteiger partial charge in [0, 0.05) is 10.6 Å². The Bertz CT molecular complexity index is 595. The summed E-state index contributed by atoms with van der Waals surface area (Å²) in [5.74, 6) is 0.654. The standard InChI is InChI=1S/C15H16F3NOS/c1-10-7-8-13(20-10)11(2)19-12-5-3-4-6-14(12)21-9-15(16,17)18/h3-8,11,19H,9H2,1-2H3. The third kappa shape index (κ3) is 4.74. The molecule has 6 heteroatoms. The predicted molar refractivity (Wildman–Crippen MR) is 78.7 cm³/mol. The van der Waals surface area contributed by atoms with E-state index in [0.717, 1.165) is 23.3 Å². The van der Waals surface area contributed by atoms with Gasteiger partial charge in [-0.05, 0) is 38.1 Å². The van der Waals surface area contributed by atoms with E-state index in [-0.39, 0.29) is 6.04 Å². The summed E-state index contributed by atoms with van der Waals surface area (Å²) in [5.41, 5.74) is 0.674. The maximum atomic E-state index is 12.3. The SMILES string of the molecule is Cc1ccc(C(C)Nc2ccccc2SCC(F)(F)F)o1. The van der Waals surface area contributed by atoms with Crippen molar-refractivity contribution in [2.75, 3.05) is 11.1 Å². The van der Waals surface area contributed by atoms with Crippen LogP contribution in [0.3, 0.4) is 0 Å². The molecule has 2 aromatic rings. The zero-order chi connectivity index (χ0) is 15.5. The van der Waals surface area contributed by atoms with Crippen molar-refractivity contribution in [3.8, 4) is 0 Å². The number of anilines is 1. The fourth-order valence-electron chi connectivity index (χ4n) is 1.86. The number of thioether (sulfide) groups is 1. The molecule has 1 unspecified atom stereocenters. The maximum Gasteiger partial charge on any atom is 0.398 e. The van der Waals surface area contributed by atoms with Gasteiger partial charge in [-0.2, -0.15) is 13.2 Å².